The number of rotatable bonds is 6. The number of nitrogens with zero attached hydrogens (tertiary/aromatic N) is 2. The van der Waals surface area contributed by atoms with Gasteiger partial charge in [0.05, 0.1) is 16.5 Å². The third kappa shape index (κ3) is 4.67. The topological polar surface area (TPSA) is 73.2 Å². The monoisotopic (exact) mass is 355 g/mol. The predicted molar refractivity (Wildman–Crippen MR) is 96.1 cm³/mol. The number of hydrogen-bond acceptors (Lipinski definition) is 4. The maximum atomic E-state index is 12.3. The molecule has 1 aliphatic rings. The Morgan fingerprint density at radius 3 is 2.16 bits per heavy atom. The van der Waals surface area contributed by atoms with Crippen LogP contribution in [-0.2, 0) is 23.1 Å². The molecule has 1 fully saturated rings. The van der Waals surface area contributed by atoms with Crippen molar-refractivity contribution < 1.29 is 8.42 Å². The average Bonchev–Trinajstić information content (AvgIpc) is 3.14. The third-order valence-corrected chi connectivity index (χ3v) is 5.81. The molecule has 0 aliphatic carbocycles. The molecule has 0 spiro atoms. The van der Waals surface area contributed by atoms with Gasteiger partial charge in [-0.2, -0.15) is 5.26 Å². The summed E-state index contributed by atoms with van der Waals surface area (Å²) in [6.07, 6.45) is 2.55. The molecule has 130 valence electrons. The molecule has 3 rings (SSSR count). The average molecular weight is 355 g/mol. The lowest BCUT2D eigenvalue weighted by Crippen LogP contribution is -2.23. The van der Waals surface area contributed by atoms with Gasteiger partial charge in [-0.15, -0.1) is 0 Å². The standard InChI is InChI=1S/C19H21N3O2S/c20-13-16-7-9-19(10-8-16)25(23,24)21-14-17-3-5-18(6-4-17)15-22-11-1-2-12-22/h3-10,21H,1-2,11-12,14-15H2. The summed E-state index contributed by atoms with van der Waals surface area (Å²) in [5.74, 6) is 0. The molecule has 0 bridgehead atoms. The van der Waals surface area contributed by atoms with Crippen molar-refractivity contribution in [2.45, 2.75) is 30.8 Å². The fourth-order valence-electron chi connectivity index (χ4n) is 2.93. The molecule has 0 atom stereocenters. The third-order valence-electron chi connectivity index (χ3n) is 4.39. The lowest BCUT2D eigenvalue weighted by Gasteiger charge is -2.14. The molecule has 1 heterocycles. The first kappa shape index (κ1) is 17.6. The second-order valence-corrected chi connectivity index (χ2v) is 8.03. The number of benzene rings is 2. The lowest BCUT2D eigenvalue weighted by molar-refractivity contribution is 0.331. The van der Waals surface area contributed by atoms with Crippen LogP contribution in [0.4, 0.5) is 0 Å². The Balaban J connectivity index is 1.59. The normalized spacial score (nSPS) is 15.2. The van der Waals surface area contributed by atoms with Crippen LogP contribution in [0.3, 0.4) is 0 Å². The highest BCUT2D eigenvalue weighted by Gasteiger charge is 2.14. The summed E-state index contributed by atoms with van der Waals surface area (Å²) in [5.41, 5.74) is 2.61. The fourth-order valence-corrected chi connectivity index (χ4v) is 3.95. The van der Waals surface area contributed by atoms with E-state index in [0.29, 0.717) is 5.56 Å². The molecule has 0 aromatic heterocycles. The number of hydrogen-bond donors (Lipinski definition) is 1. The minimum Gasteiger partial charge on any atom is -0.299 e. The van der Waals surface area contributed by atoms with Gasteiger partial charge in [-0.1, -0.05) is 24.3 Å². The Morgan fingerprint density at radius 2 is 1.56 bits per heavy atom. The Bertz CT molecular complexity index is 847. The predicted octanol–water partition coefficient (Wildman–Crippen LogP) is 2.63. The van der Waals surface area contributed by atoms with Gasteiger partial charge >= 0.3 is 0 Å². The van der Waals surface area contributed by atoms with Crippen molar-refractivity contribution in [1.82, 2.24) is 9.62 Å². The zero-order valence-electron chi connectivity index (χ0n) is 14.0. The summed E-state index contributed by atoms with van der Waals surface area (Å²) in [6.45, 7) is 3.52. The largest absolute Gasteiger partial charge is 0.299 e. The van der Waals surface area contributed by atoms with Crippen molar-refractivity contribution >= 4 is 10.0 Å². The number of nitrogens with one attached hydrogen (secondary N) is 1. The van der Waals surface area contributed by atoms with E-state index in [2.05, 4.69) is 21.8 Å². The molecule has 25 heavy (non-hydrogen) atoms. The second-order valence-electron chi connectivity index (χ2n) is 6.26. The Hall–Kier alpha value is -2.20. The van der Waals surface area contributed by atoms with Crippen molar-refractivity contribution in [2.24, 2.45) is 0 Å². The van der Waals surface area contributed by atoms with E-state index < -0.39 is 10.0 Å². The van der Waals surface area contributed by atoms with Crippen LogP contribution in [0.5, 0.6) is 0 Å². The fraction of sp³-hybridized carbons (Fsp3) is 0.316. The van der Waals surface area contributed by atoms with E-state index in [-0.39, 0.29) is 11.4 Å². The molecule has 6 heteroatoms. The molecule has 0 unspecified atom stereocenters. The van der Waals surface area contributed by atoms with Crippen LogP contribution < -0.4 is 4.72 Å². The van der Waals surface area contributed by atoms with Gasteiger partial charge in [0.15, 0.2) is 0 Å². The smallest absolute Gasteiger partial charge is 0.240 e. The Morgan fingerprint density at radius 1 is 0.960 bits per heavy atom. The zero-order chi connectivity index (χ0) is 17.7. The van der Waals surface area contributed by atoms with Crippen molar-refractivity contribution in [3.05, 3.63) is 65.2 Å². The maximum Gasteiger partial charge on any atom is 0.240 e. The van der Waals surface area contributed by atoms with E-state index in [4.69, 9.17) is 5.26 Å². The SMILES string of the molecule is N#Cc1ccc(S(=O)(=O)NCc2ccc(CN3CCCC3)cc2)cc1. The van der Waals surface area contributed by atoms with Gasteiger partial charge in [-0.25, -0.2) is 13.1 Å². The molecule has 0 radical (unpaired) electrons. The van der Waals surface area contributed by atoms with Crippen LogP contribution in [0, 0.1) is 11.3 Å². The van der Waals surface area contributed by atoms with Gasteiger partial charge < -0.3 is 0 Å². The Labute approximate surface area is 149 Å². The van der Waals surface area contributed by atoms with Crippen molar-refractivity contribution in [3.63, 3.8) is 0 Å². The summed E-state index contributed by atoms with van der Waals surface area (Å²) in [5, 5.41) is 8.78. The highest BCUT2D eigenvalue weighted by Crippen LogP contribution is 2.14. The molecule has 2 aromatic carbocycles. The molecule has 2 aromatic rings. The number of nitriles is 1. The molecule has 1 saturated heterocycles. The van der Waals surface area contributed by atoms with E-state index >= 15 is 0 Å². The highest BCUT2D eigenvalue weighted by molar-refractivity contribution is 7.89. The summed E-state index contributed by atoms with van der Waals surface area (Å²) < 4.78 is 27.2. The number of likely N-dealkylation sites (tertiary alicyclic amines) is 1. The lowest BCUT2D eigenvalue weighted by atomic mass is 10.1. The van der Waals surface area contributed by atoms with Crippen LogP contribution in [0.2, 0.25) is 0 Å². The number of sulfonamides is 1. The first-order valence-electron chi connectivity index (χ1n) is 8.37. The van der Waals surface area contributed by atoms with Crippen molar-refractivity contribution in [3.8, 4) is 6.07 Å². The van der Waals surface area contributed by atoms with Crippen LogP contribution in [0.15, 0.2) is 53.4 Å². The first-order valence-corrected chi connectivity index (χ1v) is 9.85. The van der Waals surface area contributed by atoms with Gasteiger partial charge in [0.25, 0.3) is 0 Å². The molecule has 5 nitrogen and oxygen atoms in total. The minimum absolute atomic E-state index is 0.164. The van der Waals surface area contributed by atoms with E-state index in [1.54, 1.807) is 0 Å². The quantitative estimate of drug-likeness (QED) is 0.864. The van der Waals surface area contributed by atoms with Crippen molar-refractivity contribution in [2.75, 3.05) is 13.1 Å². The minimum atomic E-state index is -3.58. The molecule has 0 amide bonds. The van der Waals surface area contributed by atoms with E-state index in [1.807, 2.05) is 18.2 Å². The zero-order valence-corrected chi connectivity index (χ0v) is 14.8. The molecule has 1 aliphatic heterocycles. The molecular weight excluding hydrogens is 334 g/mol. The Kier molecular flexibility index (Phi) is 5.49. The summed E-state index contributed by atoms with van der Waals surface area (Å²) in [7, 11) is -3.58. The van der Waals surface area contributed by atoms with Crippen LogP contribution in [0.1, 0.15) is 29.5 Å². The molecule has 0 saturated carbocycles. The van der Waals surface area contributed by atoms with Gasteiger partial charge in [0.2, 0.25) is 10.0 Å². The van der Waals surface area contributed by atoms with Crippen LogP contribution >= 0.6 is 0 Å². The summed E-state index contributed by atoms with van der Waals surface area (Å²) >= 11 is 0. The van der Waals surface area contributed by atoms with Gasteiger partial charge in [-0.05, 0) is 61.3 Å². The van der Waals surface area contributed by atoms with Crippen LogP contribution in [-0.4, -0.2) is 26.4 Å². The highest BCUT2D eigenvalue weighted by atomic mass is 32.2. The van der Waals surface area contributed by atoms with Gasteiger partial charge in [0.1, 0.15) is 0 Å². The maximum absolute atomic E-state index is 12.3. The van der Waals surface area contributed by atoms with Crippen LogP contribution in [0.25, 0.3) is 0 Å². The molecule has 1 N–H and O–H groups in total. The van der Waals surface area contributed by atoms with E-state index in [9.17, 15) is 8.42 Å². The van der Waals surface area contributed by atoms with E-state index in [0.717, 1.165) is 25.2 Å². The first-order chi connectivity index (χ1) is 12.1. The van der Waals surface area contributed by atoms with E-state index in [1.165, 1.54) is 42.7 Å². The molecular formula is C19H21N3O2S. The second kappa shape index (κ2) is 7.79. The van der Waals surface area contributed by atoms with Crippen molar-refractivity contribution in [1.29, 1.82) is 5.26 Å². The summed E-state index contributed by atoms with van der Waals surface area (Å²) in [4.78, 5) is 2.60. The summed E-state index contributed by atoms with van der Waals surface area (Å²) in [6, 6.07) is 15.9. The van der Waals surface area contributed by atoms with Gasteiger partial charge in [0, 0.05) is 13.1 Å². The van der Waals surface area contributed by atoms with Gasteiger partial charge in [-0.3, -0.25) is 4.90 Å².